The fourth-order valence-corrected chi connectivity index (χ4v) is 1.49. The molecule has 0 saturated heterocycles. The van der Waals surface area contributed by atoms with Gasteiger partial charge in [0.15, 0.2) is 0 Å². The summed E-state index contributed by atoms with van der Waals surface area (Å²) >= 11 is 0. The highest BCUT2D eigenvalue weighted by atomic mass is 19.1. The van der Waals surface area contributed by atoms with E-state index in [0.29, 0.717) is 22.8 Å². The number of benzene rings is 1. The van der Waals surface area contributed by atoms with Crippen molar-refractivity contribution >= 4 is 0 Å². The fraction of sp³-hybridized carbons (Fsp3) is 0.385. The van der Waals surface area contributed by atoms with Crippen LogP contribution in [0.4, 0.5) is 4.39 Å². The second-order valence-corrected chi connectivity index (χ2v) is 4.57. The van der Waals surface area contributed by atoms with Gasteiger partial charge in [-0.15, -0.1) is 0 Å². The molecule has 2 atom stereocenters. The van der Waals surface area contributed by atoms with Crippen molar-refractivity contribution in [1.82, 2.24) is 10.1 Å². The Morgan fingerprint density at radius 1 is 1.33 bits per heavy atom. The van der Waals surface area contributed by atoms with Crippen LogP contribution in [-0.2, 0) is 0 Å². The van der Waals surface area contributed by atoms with Gasteiger partial charge in [0.25, 0.3) is 0 Å². The first kappa shape index (κ1) is 12.7. The second kappa shape index (κ2) is 4.86. The lowest BCUT2D eigenvalue weighted by molar-refractivity contribution is 0.346. The molecule has 2 unspecified atom stereocenters. The summed E-state index contributed by atoms with van der Waals surface area (Å²) in [6, 6.07) is 4.79. The molecule has 5 heteroatoms. The molecule has 2 rings (SSSR count). The molecule has 0 spiro atoms. The molecule has 1 aromatic heterocycles. The molecule has 2 N–H and O–H groups in total. The van der Waals surface area contributed by atoms with E-state index in [9.17, 15) is 4.39 Å². The Morgan fingerprint density at radius 3 is 2.67 bits per heavy atom. The van der Waals surface area contributed by atoms with Crippen LogP contribution < -0.4 is 5.73 Å². The topological polar surface area (TPSA) is 64.9 Å². The summed E-state index contributed by atoms with van der Waals surface area (Å²) in [6.07, 6.45) is 0. The van der Waals surface area contributed by atoms with Crippen LogP contribution in [0.15, 0.2) is 22.7 Å². The van der Waals surface area contributed by atoms with Crippen LogP contribution in [0.5, 0.6) is 0 Å². The number of halogens is 1. The monoisotopic (exact) mass is 249 g/mol. The minimum Gasteiger partial charge on any atom is -0.339 e. The van der Waals surface area contributed by atoms with Gasteiger partial charge in [-0.3, -0.25) is 0 Å². The number of hydrogen-bond acceptors (Lipinski definition) is 4. The quantitative estimate of drug-likeness (QED) is 0.908. The van der Waals surface area contributed by atoms with E-state index < -0.39 is 0 Å². The summed E-state index contributed by atoms with van der Waals surface area (Å²) in [5.41, 5.74) is 6.96. The van der Waals surface area contributed by atoms with Crippen LogP contribution in [0.3, 0.4) is 0 Å². The predicted octanol–water partition coefficient (Wildman–Crippen LogP) is 2.63. The normalized spacial score (nSPS) is 14.5. The van der Waals surface area contributed by atoms with Crippen LogP contribution in [0, 0.1) is 12.7 Å². The van der Waals surface area contributed by atoms with Crippen molar-refractivity contribution in [2.45, 2.75) is 32.7 Å². The zero-order valence-electron chi connectivity index (χ0n) is 10.6. The van der Waals surface area contributed by atoms with Crippen molar-refractivity contribution in [2.75, 3.05) is 0 Å². The molecule has 1 aromatic carbocycles. The van der Waals surface area contributed by atoms with Gasteiger partial charge in [-0.2, -0.15) is 4.98 Å². The average molecular weight is 249 g/mol. The van der Waals surface area contributed by atoms with Gasteiger partial charge in [-0.05, 0) is 25.5 Å². The van der Waals surface area contributed by atoms with Crippen molar-refractivity contribution in [3.8, 4) is 11.4 Å². The van der Waals surface area contributed by atoms with Crippen LogP contribution in [0.1, 0.15) is 31.2 Å². The van der Waals surface area contributed by atoms with E-state index in [4.69, 9.17) is 10.3 Å². The molecule has 96 valence electrons. The highest BCUT2D eigenvalue weighted by Crippen LogP contribution is 2.22. The third-order valence-electron chi connectivity index (χ3n) is 3.05. The molecule has 4 nitrogen and oxygen atoms in total. The van der Waals surface area contributed by atoms with Crippen molar-refractivity contribution < 1.29 is 8.91 Å². The molecule has 0 radical (unpaired) electrons. The van der Waals surface area contributed by atoms with E-state index in [1.165, 1.54) is 6.07 Å². The van der Waals surface area contributed by atoms with Crippen LogP contribution >= 0.6 is 0 Å². The molecule has 0 aliphatic carbocycles. The Hall–Kier alpha value is -1.75. The van der Waals surface area contributed by atoms with Gasteiger partial charge in [0.05, 0.1) is 5.92 Å². The number of rotatable bonds is 3. The van der Waals surface area contributed by atoms with E-state index in [1.807, 2.05) is 13.8 Å². The second-order valence-electron chi connectivity index (χ2n) is 4.57. The smallest absolute Gasteiger partial charge is 0.231 e. The van der Waals surface area contributed by atoms with Crippen molar-refractivity contribution in [2.24, 2.45) is 5.73 Å². The number of hydrogen-bond donors (Lipinski definition) is 1. The van der Waals surface area contributed by atoms with E-state index in [1.54, 1.807) is 19.1 Å². The van der Waals surface area contributed by atoms with Gasteiger partial charge in [0, 0.05) is 11.6 Å². The average Bonchev–Trinajstić information content (AvgIpc) is 2.81. The summed E-state index contributed by atoms with van der Waals surface area (Å²) in [5.74, 6) is 0.554. The molecule has 0 aliphatic heterocycles. The zero-order chi connectivity index (χ0) is 13.3. The molecule has 0 amide bonds. The maximum atomic E-state index is 13.5. The molecule has 2 aromatic rings. The predicted molar refractivity (Wildman–Crippen MR) is 66.5 cm³/mol. The molecule has 0 fully saturated rings. The first-order chi connectivity index (χ1) is 8.49. The molecule has 0 saturated carbocycles. The summed E-state index contributed by atoms with van der Waals surface area (Å²) in [6.45, 7) is 5.50. The summed E-state index contributed by atoms with van der Waals surface area (Å²) in [4.78, 5) is 4.25. The van der Waals surface area contributed by atoms with Crippen LogP contribution in [-0.4, -0.2) is 16.2 Å². The lowest BCUT2D eigenvalue weighted by Crippen LogP contribution is -2.22. The molecule has 0 aliphatic rings. The minimum atomic E-state index is -0.279. The molecular formula is C13H16FN3O. The highest BCUT2D eigenvalue weighted by Gasteiger charge is 2.18. The molecule has 18 heavy (non-hydrogen) atoms. The Bertz CT molecular complexity index is 551. The van der Waals surface area contributed by atoms with Crippen molar-refractivity contribution in [1.29, 1.82) is 0 Å². The lowest BCUT2D eigenvalue weighted by Gasteiger charge is -2.09. The molecule has 1 heterocycles. The fourth-order valence-electron chi connectivity index (χ4n) is 1.49. The van der Waals surface area contributed by atoms with Crippen molar-refractivity contribution in [3.63, 3.8) is 0 Å². The lowest BCUT2D eigenvalue weighted by atomic mass is 10.1. The van der Waals surface area contributed by atoms with E-state index >= 15 is 0 Å². The van der Waals surface area contributed by atoms with Gasteiger partial charge >= 0.3 is 0 Å². The molecular weight excluding hydrogens is 233 g/mol. The van der Waals surface area contributed by atoms with Crippen LogP contribution in [0.25, 0.3) is 11.4 Å². The number of aromatic nitrogens is 2. The zero-order valence-corrected chi connectivity index (χ0v) is 10.6. The van der Waals surface area contributed by atoms with Gasteiger partial charge < -0.3 is 10.3 Å². The maximum absolute atomic E-state index is 13.5. The first-order valence-electron chi connectivity index (χ1n) is 5.84. The van der Waals surface area contributed by atoms with Gasteiger partial charge in [0.2, 0.25) is 11.7 Å². The Kier molecular flexibility index (Phi) is 3.43. The van der Waals surface area contributed by atoms with Gasteiger partial charge in [-0.25, -0.2) is 4.39 Å². The Balaban J connectivity index is 2.32. The minimum absolute atomic E-state index is 0.0263. The summed E-state index contributed by atoms with van der Waals surface area (Å²) in [5, 5.41) is 3.85. The Morgan fingerprint density at radius 2 is 2.06 bits per heavy atom. The van der Waals surface area contributed by atoms with Crippen LogP contribution in [0.2, 0.25) is 0 Å². The third kappa shape index (κ3) is 2.41. The van der Waals surface area contributed by atoms with Crippen molar-refractivity contribution in [3.05, 3.63) is 35.5 Å². The Labute approximate surface area is 105 Å². The maximum Gasteiger partial charge on any atom is 0.231 e. The van der Waals surface area contributed by atoms with Gasteiger partial charge in [-0.1, -0.05) is 24.2 Å². The number of aryl methyl sites for hydroxylation is 1. The third-order valence-corrected chi connectivity index (χ3v) is 3.05. The number of nitrogens with zero attached hydrogens (tertiary/aromatic N) is 2. The summed E-state index contributed by atoms with van der Waals surface area (Å²) in [7, 11) is 0. The van der Waals surface area contributed by atoms with E-state index in [-0.39, 0.29) is 17.8 Å². The standard InChI is InChI=1S/C13H16FN3O/c1-7-4-5-10(6-11(7)14)12-16-13(18-17-12)8(2)9(3)15/h4-6,8-9H,15H2,1-3H3. The van der Waals surface area contributed by atoms with Gasteiger partial charge in [0.1, 0.15) is 5.82 Å². The first-order valence-corrected chi connectivity index (χ1v) is 5.84. The summed E-state index contributed by atoms with van der Waals surface area (Å²) < 4.78 is 18.6. The van der Waals surface area contributed by atoms with E-state index in [2.05, 4.69) is 10.1 Å². The number of nitrogens with two attached hydrogens (primary N) is 1. The molecule has 0 bridgehead atoms. The highest BCUT2D eigenvalue weighted by molar-refractivity contribution is 5.55. The SMILES string of the molecule is Cc1ccc(-c2noc(C(C)C(C)N)n2)cc1F. The van der Waals surface area contributed by atoms with E-state index in [0.717, 1.165) is 0 Å². The largest absolute Gasteiger partial charge is 0.339 e.